The summed E-state index contributed by atoms with van der Waals surface area (Å²) in [5, 5.41) is 0. The number of anilines is 1. The van der Waals surface area contributed by atoms with Crippen LogP contribution in [-0.4, -0.2) is 9.97 Å². The number of nitrogens with zero attached hydrogens (tertiary/aromatic N) is 2. The van der Waals surface area contributed by atoms with Crippen molar-refractivity contribution < 1.29 is 4.39 Å². The van der Waals surface area contributed by atoms with Crippen LogP contribution in [0.1, 0.15) is 23.2 Å². The molecule has 2 aromatic rings. The predicted molar refractivity (Wildman–Crippen MR) is 72.0 cm³/mol. The number of aromatic nitrogens is 2. The van der Waals surface area contributed by atoms with Gasteiger partial charge in [0.2, 0.25) is 0 Å². The summed E-state index contributed by atoms with van der Waals surface area (Å²) in [4.78, 5) is 9.05. The number of hydrogen-bond donors (Lipinski definition) is 2. The summed E-state index contributed by atoms with van der Waals surface area (Å²) < 4.78 is 13.2. The summed E-state index contributed by atoms with van der Waals surface area (Å²) >= 11 is 0. The number of hydrogen-bond acceptors (Lipinski definition) is 4. The summed E-state index contributed by atoms with van der Waals surface area (Å²) in [6.07, 6.45) is 2.97. The van der Waals surface area contributed by atoms with E-state index in [-0.39, 0.29) is 5.82 Å². The minimum atomic E-state index is -0.250. The number of halogens is 1. The summed E-state index contributed by atoms with van der Waals surface area (Å²) in [7, 11) is 0. The van der Waals surface area contributed by atoms with Crippen molar-refractivity contribution in [2.45, 2.75) is 26.2 Å². The van der Waals surface area contributed by atoms with Crippen LogP contribution >= 0.6 is 0 Å². The molecule has 0 saturated carbocycles. The minimum absolute atomic E-state index is 0.250. The molecule has 3 N–H and O–H groups in total. The average Bonchev–Trinajstić information content (AvgIpc) is 2.85. The predicted octanol–water partition coefficient (Wildman–Crippen LogP) is 2.37. The Bertz CT molecular complexity index is 640. The number of nitrogens with one attached hydrogen (secondary N) is 1. The van der Waals surface area contributed by atoms with E-state index < -0.39 is 0 Å². The van der Waals surface area contributed by atoms with Gasteiger partial charge in [0.25, 0.3) is 0 Å². The van der Waals surface area contributed by atoms with Crippen LogP contribution in [0.4, 0.5) is 10.2 Å². The molecule has 0 aliphatic heterocycles. The lowest BCUT2D eigenvalue weighted by Gasteiger charge is -2.10. The van der Waals surface area contributed by atoms with Gasteiger partial charge in [-0.2, -0.15) is 0 Å². The van der Waals surface area contributed by atoms with Crippen LogP contribution in [0.25, 0.3) is 11.4 Å². The Morgan fingerprint density at radius 2 is 2.11 bits per heavy atom. The van der Waals surface area contributed by atoms with Gasteiger partial charge in [0.15, 0.2) is 5.82 Å². The van der Waals surface area contributed by atoms with E-state index in [4.69, 9.17) is 5.84 Å². The van der Waals surface area contributed by atoms with E-state index in [1.165, 1.54) is 12.1 Å². The number of benzene rings is 1. The van der Waals surface area contributed by atoms with Crippen molar-refractivity contribution in [1.29, 1.82) is 0 Å². The van der Waals surface area contributed by atoms with Crippen molar-refractivity contribution >= 4 is 5.82 Å². The van der Waals surface area contributed by atoms with Crippen molar-refractivity contribution in [3.63, 3.8) is 0 Å². The van der Waals surface area contributed by atoms with Crippen molar-refractivity contribution in [2.75, 3.05) is 5.43 Å². The van der Waals surface area contributed by atoms with Gasteiger partial charge < -0.3 is 5.43 Å². The highest BCUT2D eigenvalue weighted by Crippen LogP contribution is 2.29. The molecule has 1 heterocycles. The zero-order valence-electron chi connectivity index (χ0n) is 10.7. The second kappa shape index (κ2) is 4.59. The maximum Gasteiger partial charge on any atom is 0.162 e. The first kappa shape index (κ1) is 12.0. The Morgan fingerprint density at radius 1 is 1.26 bits per heavy atom. The lowest BCUT2D eigenvalue weighted by atomic mass is 10.1. The van der Waals surface area contributed by atoms with Gasteiger partial charge in [-0.1, -0.05) is 0 Å². The first-order valence-electron chi connectivity index (χ1n) is 6.32. The number of rotatable bonds is 2. The topological polar surface area (TPSA) is 63.8 Å². The fourth-order valence-corrected chi connectivity index (χ4v) is 2.55. The average molecular weight is 258 g/mol. The summed E-state index contributed by atoms with van der Waals surface area (Å²) in [5.74, 6) is 6.57. The minimum Gasteiger partial charge on any atom is -0.308 e. The molecule has 0 bridgehead atoms. The van der Waals surface area contributed by atoms with E-state index in [9.17, 15) is 4.39 Å². The molecule has 1 aromatic carbocycles. The maximum absolute atomic E-state index is 13.2. The Hall–Kier alpha value is -2.01. The van der Waals surface area contributed by atoms with Crippen molar-refractivity contribution in [3.8, 4) is 11.4 Å². The van der Waals surface area contributed by atoms with Gasteiger partial charge >= 0.3 is 0 Å². The molecule has 0 unspecified atom stereocenters. The van der Waals surface area contributed by atoms with Gasteiger partial charge in [-0.15, -0.1) is 0 Å². The zero-order chi connectivity index (χ0) is 13.4. The molecule has 1 aliphatic carbocycles. The van der Waals surface area contributed by atoms with Crippen LogP contribution < -0.4 is 11.3 Å². The Kier molecular flexibility index (Phi) is 2.91. The number of fused-ring (bicyclic) bond motifs is 1. The van der Waals surface area contributed by atoms with Crippen molar-refractivity contribution in [3.05, 3.63) is 40.8 Å². The van der Waals surface area contributed by atoms with E-state index >= 15 is 0 Å². The third kappa shape index (κ3) is 2.06. The van der Waals surface area contributed by atoms with Gasteiger partial charge in [-0.25, -0.2) is 20.2 Å². The molecule has 0 spiro atoms. The SMILES string of the molecule is Cc1cc(F)ccc1-c1nc2c(c(NN)n1)CCC2. The van der Waals surface area contributed by atoms with Gasteiger partial charge in [-0.3, -0.25) is 0 Å². The van der Waals surface area contributed by atoms with E-state index in [1.54, 1.807) is 6.07 Å². The van der Waals surface area contributed by atoms with Gasteiger partial charge in [0.1, 0.15) is 11.6 Å². The number of nitrogens with two attached hydrogens (primary N) is 1. The number of hydrazine groups is 1. The molecule has 98 valence electrons. The van der Waals surface area contributed by atoms with E-state index in [0.717, 1.165) is 41.6 Å². The lowest BCUT2D eigenvalue weighted by molar-refractivity contribution is 0.627. The third-order valence-corrected chi connectivity index (χ3v) is 3.50. The van der Waals surface area contributed by atoms with Crippen LogP contribution in [0.15, 0.2) is 18.2 Å². The highest BCUT2D eigenvalue weighted by molar-refractivity contribution is 5.63. The number of aryl methyl sites for hydroxylation is 2. The molecule has 0 fully saturated rings. The highest BCUT2D eigenvalue weighted by Gasteiger charge is 2.20. The molecular weight excluding hydrogens is 243 g/mol. The lowest BCUT2D eigenvalue weighted by Crippen LogP contribution is -2.13. The van der Waals surface area contributed by atoms with Crippen molar-refractivity contribution in [2.24, 2.45) is 5.84 Å². The largest absolute Gasteiger partial charge is 0.308 e. The maximum atomic E-state index is 13.2. The summed E-state index contributed by atoms with van der Waals surface area (Å²) in [6, 6.07) is 4.62. The van der Waals surface area contributed by atoms with Gasteiger partial charge in [0, 0.05) is 16.8 Å². The van der Waals surface area contributed by atoms with E-state index in [0.29, 0.717) is 11.6 Å². The summed E-state index contributed by atoms with van der Waals surface area (Å²) in [6.45, 7) is 1.85. The fourth-order valence-electron chi connectivity index (χ4n) is 2.55. The van der Waals surface area contributed by atoms with Crippen LogP contribution in [0, 0.1) is 12.7 Å². The molecule has 0 radical (unpaired) electrons. The van der Waals surface area contributed by atoms with E-state index in [1.807, 2.05) is 6.92 Å². The van der Waals surface area contributed by atoms with Crippen LogP contribution in [0.3, 0.4) is 0 Å². The molecule has 19 heavy (non-hydrogen) atoms. The Labute approximate surface area is 110 Å². The number of nitrogen functional groups attached to an aromatic ring is 1. The highest BCUT2D eigenvalue weighted by atomic mass is 19.1. The molecule has 0 saturated heterocycles. The first-order chi connectivity index (χ1) is 9.19. The van der Waals surface area contributed by atoms with Crippen molar-refractivity contribution in [1.82, 2.24) is 9.97 Å². The zero-order valence-corrected chi connectivity index (χ0v) is 10.7. The molecule has 4 nitrogen and oxygen atoms in total. The van der Waals surface area contributed by atoms with Crippen LogP contribution in [0.2, 0.25) is 0 Å². The molecule has 1 aromatic heterocycles. The van der Waals surface area contributed by atoms with Gasteiger partial charge in [0.05, 0.1) is 0 Å². The molecule has 1 aliphatic rings. The second-order valence-corrected chi connectivity index (χ2v) is 4.78. The quantitative estimate of drug-likeness (QED) is 0.641. The molecule has 5 heteroatoms. The second-order valence-electron chi connectivity index (χ2n) is 4.78. The molecule has 0 atom stereocenters. The summed E-state index contributed by atoms with van der Waals surface area (Å²) in [5.41, 5.74) is 6.45. The Morgan fingerprint density at radius 3 is 2.84 bits per heavy atom. The van der Waals surface area contributed by atoms with Gasteiger partial charge in [-0.05, 0) is 49.9 Å². The first-order valence-corrected chi connectivity index (χ1v) is 6.32. The van der Waals surface area contributed by atoms with Crippen LogP contribution in [0.5, 0.6) is 0 Å². The van der Waals surface area contributed by atoms with Crippen LogP contribution in [-0.2, 0) is 12.8 Å². The third-order valence-electron chi connectivity index (χ3n) is 3.50. The standard InChI is InChI=1S/C14H15FN4/c1-8-7-9(15)5-6-10(8)13-17-12-4-2-3-11(12)14(18-13)19-16/h5-7H,2-4,16H2,1H3,(H,17,18,19). The smallest absolute Gasteiger partial charge is 0.162 e. The molecular formula is C14H15FN4. The molecule has 3 rings (SSSR count). The fraction of sp³-hybridized carbons (Fsp3) is 0.286. The normalized spacial score (nSPS) is 13.4. The Balaban J connectivity index is 2.15. The molecule has 0 amide bonds. The van der Waals surface area contributed by atoms with E-state index in [2.05, 4.69) is 15.4 Å². The monoisotopic (exact) mass is 258 g/mol.